The molecule has 148 valence electrons. The molecule has 0 bridgehead atoms. The number of aliphatic imine (C=N–C) groups is 1. The van der Waals surface area contributed by atoms with E-state index >= 15 is 0 Å². The molecule has 11 nitrogen and oxygen atoms in total. The fourth-order valence-electron chi connectivity index (χ4n) is 3.52. The van der Waals surface area contributed by atoms with Crippen molar-refractivity contribution in [3.05, 3.63) is 0 Å². The first-order valence-electron chi connectivity index (χ1n) is 8.85. The van der Waals surface area contributed by atoms with Crippen LogP contribution < -0.4 is 5.32 Å². The van der Waals surface area contributed by atoms with E-state index in [2.05, 4.69) is 10.3 Å². The number of piperazine rings is 1. The summed E-state index contributed by atoms with van der Waals surface area (Å²) in [6, 6.07) is -1.17. The van der Waals surface area contributed by atoms with Crippen molar-refractivity contribution in [1.82, 2.24) is 24.9 Å². The fourth-order valence-corrected chi connectivity index (χ4v) is 3.52. The maximum atomic E-state index is 12.5. The standard InChI is InChI=1S/C16H24N6O5/c1-10(23)20-4-6-21(7-5-20)15-17-13-12(14(25)18-16(26)19(13)3)22(15)8-9-27-11(2)24/h12-13H,4-9H2,1-3H3,(H,18,25,26). The summed E-state index contributed by atoms with van der Waals surface area (Å²) in [4.78, 5) is 58.6. The minimum absolute atomic E-state index is 0.0214. The van der Waals surface area contributed by atoms with Gasteiger partial charge >= 0.3 is 12.0 Å². The largest absolute Gasteiger partial charge is 0.464 e. The Morgan fingerprint density at radius 2 is 1.85 bits per heavy atom. The molecule has 4 amide bonds. The van der Waals surface area contributed by atoms with E-state index in [1.54, 1.807) is 16.8 Å². The monoisotopic (exact) mass is 380 g/mol. The maximum absolute atomic E-state index is 12.5. The van der Waals surface area contributed by atoms with Crippen molar-refractivity contribution in [1.29, 1.82) is 0 Å². The van der Waals surface area contributed by atoms with Crippen molar-refractivity contribution < 1.29 is 23.9 Å². The molecule has 0 spiro atoms. The number of ether oxygens (including phenoxy) is 1. The zero-order chi connectivity index (χ0) is 19.7. The number of carbonyl (C=O) groups is 4. The van der Waals surface area contributed by atoms with E-state index in [1.807, 2.05) is 4.90 Å². The minimum atomic E-state index is -0.677. The van der Waals surface area contributed by atoms with E-state index in [9.17, 15) is 19.2 Å². The van der Waals surface area contributed by atoms with E-state index in [4.69, 9.17) is 4.74 Å². The van der Waals surface area contributed by atoms with E-state index < -0.39 is 30.1 Å². The molecular weight excluding hydrogens is 356 g/mol. The summed E-state index contributed by atoms with van der Waals surface area (Å²) in [5.41, 5.74) is 0. The lowest BCUT2D eigenvalue weighted by Crippen LogP contribution is -2.65. The van der Waals surface area contributed by atoms with Crippen molar-refractivity contribution in [3.63, 3.8) is 0 Å². The van der Waals surface area contributed by atoms with Crippen LogP contribution in [0.1, 0.15) is 13.8 Å². The van der Waals surface area contributed by atoms with Gasteiger partial charge in [-0.2, -0.15) is 0 Å². The number of likely N-dealkylation sites (N-methyl/N-ethyl adjacent to an activating group) is 1. The van der Waals surface area contributed by atoms with Crippen molar-refractivity contribution >= 4 is 29.8 Å². The summed E-state index contributed by atoms with van der Waals surface area (Å²) in [5, 5.41) is 2.33. The van der Waals surface area contributed by atoms with Gasteiger partial charge in [0.1, 0.15) is 6.61 Å². The van der Waals surface area contributed by atoms with Crippen LogP contribution in [0.4, 0.5) is 4.79 Å². The third-order valence-electron chi connectivity index (χ3n) is 4.98. The number of nitrogens with one attached hydrogen (secondary N) is 1. The first kappa shape index (κ1) is 18.9. The Kier molecular flexibility index (Phi) is 5.19. The third-order valence-corrected chi connectivity index (χ3v) is 4.98. The second kappa shape index (κ2) is 7.41. The Balaban J connectivity index is 1.80. The molecule has 2 fully saturated rings. The summed E-state index contributed by atoms with van der Waals surface area (Å²) < 4.78 is 5.03. The number of imide groups is 1. The Labute approximate surface area is 156 Å². The van der Waals surface area contributed by atoms with Gasteiger partial charge in [-0.3, -0.25) is 19.7 Å². The predicted octanol–water partition coefficient (Wildman–Crippen LogP) is -1.74. The van der Waals surface area contributed by atoms with Crippen LogP contribution in [0.25, 0.3) is 0 Å². The van der Waals surface area contributed by atoms with Crippen LogP contribution in [0.2, 0.25) is 0 Å². The molecule has 27 heavy (non-hydrogen) atoms. The molecule has 0 aromatic rings. The first-order chi connectivity index (χ1) is 12.8. The van der Waals surface area contributed by atoms with Gasteiger partial charge in [-0.05, 0) is 0 Å². The zero-order valence-corrected chi connectivity index (χ0v) is 15.7. The molecule has 2 atom stereocenters. The average molecular weight is 380 g/mol. The Morgan fingerprint density at radius 1 is 1.19 bits per heavy atom. The predicted molar refractivity (Wildman–Crippen MR) is 93.5 cm³/mol. The number of urea groups is 1. The van der Waals surface area contributed by atoms with Gasteiger partial charge in [0, 0.05) is 47.1 Å². The number of esters is 1. The van der Waals surface area contributed by atoms with E-state index in [0.29, 0.717) is 32.1 Å². The summed E-state index contributed by atoms with van der Waals surface area (Å²) in [7, 11) is 1.59. The van der Waals surface area contributed by atoms with E-state index in [0.717, 1.165) is 0 Å². The second-order valence-electron chi connectivity index (χ2n) is 6.72. The van der Waals surface area contributed by atoms with Gasteiger partial charge in [-0.1, -0.05) is 0 Å². The second-order valence-corrected chi connectivity index (χ2v) is 6.72. The zero-order valence-electron chi connectivity index (χ0n) is 15.7. The fraction of sp³-hybridized carbons (Fsp3) is 0.688. The summed E-state index contributed by atoms with van der Waals surface area (Å²) in [6.45, 7) is 5.50. The van der Waals surface area contributed by atoms with Gasteiger partial charge in [-0.25, -0.2) is 9.79 Å². The lowest BCUT2D eigenvalue weighted by molar-refractivity contribution is -0.141. The molecule has 3 rings (SSSR count). The Morgan fingerprint density at radius 3 is 2.44 bits per heavy atom. The van der Waals surface area contributed by atoms with Crippen molar-refractivity contribution in [2.45, 2.75) is 26.1 Å². The molecule has 2 saturated heterocycles. The van der Waals surface area contributed by atoms with Crippen LogP contribution >= 0.6 is 0 Å². The molecular formula is C16H24N6O5. The molecule has 0 aromatic carbocycles. The average Bonchev–Trinajstić information content (AvgIpc) is 3.00. The Hall–Kier alpha value is -2.85. The maximum Gasteiger partial charge on any atom is 0.325 e. The molecule has 3 aliphatic heterocycles. The lowest BCUT2D eigenvalue weighted by atomic mass is 10.1. The molecule has 11 heteroatoms. The smallest absolute Gasteiger partial charge is 0.325 e. The van der Waals surface area contributed by atoms with Gasteiger partial charge in [-0.15, -0.1) is 0 Å². The number of rotatable bonds is 3. The highest BCUT2D eigenvalue weighted by Gasteiger charge is 2.49. The quantitative estimate of drug-likeness (QED) is 0.578. The SMILES string of the molecule is CC(=O)OCCN1C(N2CCN(C(C)=O)CC2)=NC2C1C(=O)NC(=O)N2C. The van der Waals surface area contributed by atoms with Crippen LogP contribution in [-0.4, -0.2) is 108 Å². The first-order valence-corrected chi connectivity index (χ1v) is 8.85. The number of carbonyl (C=O) groups excluding carboxylic acids is 4. The molecule has 2 unspecified atom stereocenters. The molecule has 0 aliphatic carbocycles. The van der Waals surface area contributed by atoms with E-state index in [1.165, 1.54) is 18.7 Å². The number of guanidine groups is 1. The van der Waals surface area contributed by atoms with Gasteiger partial charge in [0.2, 0.25) is 5.91 Å². The molecule has 1 N–H and O–H groups in total. The van der Waals surface area contributed by atoms with Crippen LogP contribution in [-0.2, 0) is 19.1 Å². The van der Waals surface area contributed by atoms with Crippen LogP contribution in [0, 0.1) is 0 Å². The highest BCUT2D eigenvalue weighted by Crippen LogP contribution is 2.25. The van der Waals surface area contributed by atoms with Crippen LogP contribution in [0.5, 0.6) is 0 Å². The number of nitrogens with zero attached hydrogens (tertiary/aromatic N) is 5. The number of hydrogen-bond acceptors (Lipinski definition) is 8. The van der Waals surface area contributed by atoms with Crippen molar-refractivity contribution in [2.75, 3.05) is 46.4 Å². The molecule has 0 aromatic heterocycles. The van der Waals surface area contributed by atoms with Crippen molar-refractivity contribution in [3.8, 4) is 0 Å². The van der Waals surface area contributed by atoms with Crippen LogP contribution in [0.15, 0.2) is 4.99 Å². The molecule has 0 radical (unpaired) electrons. The summed E-state index contributed by atoms with van der Waals surface area (Å²) in [6.07, 6.45) is -0.635. The normalized spacial score (nSPS) is 25.2. The highest BCUT2D eigenvalue weighted by molar-refractivity contribution is 6.03. The van der Waals surface area contributed by atoms with Gasteiger partial charge in [0.25, 0.3) is 5.91 Å². The van der Waals surface area contributed by atoms with Gasteiger partial charge in [0.15, 0.2) is 18.2 Å². The highest BCUT2D eigenvalue weighted by atomic mass is 16.5. The molecule has 0 saturated carbocycles. The topological polar surface area (TPSA) is 115 Å². The number of fused-ring (bicyclic) bond motifs is 1. The Bertz CT molecular complexity index is 687. The van der Waals surface area contributed by atoms with Crippen molar-refractivity contribution in [2.24, 2.45) is 4.99 Å². The number of hydrogen-bond donors (Lipinski definition) is 1. The van der Waals surface area contributed by atoms with Gasteiger partial charge < -0.3 is 24.3 Å². The lowest BCUT2D eigenvalue weighted by Gasteiger charge is -2.40. The van der Waals surface area contributed by atoms with Crippen LogP contribution in [0.3, 0.4) is 0 Å². The molecule has 3 heterocycles. The summed E-state index contributed by atoms with van der Waals surface area (Å²) in [5.74, 6) is -0.225. The number of amides is 4. The summed E-state index contributed by atoms with van der Waals surface area (Å²) >= 11 is 0. The molecule has 3 aliphatic rings. The third kappa shape index (κ3) is 3.67. The van der Waals surface area contributed by atoms with E-state index in [-0.39, 0.29) is 19.1 Å². The van der Waals surface area contributed by atoms with Gasteiger partial charge in [0.05, 0.1) is 6.54 Å². The minimum Gasteiger partial charge on any atom is -0.464 e.